The van der Waals surface area contributed by atoms with Crippen LogP contribution in [0.1, 0.15) is 39.9 Å². The van der Waals surface area contributed by atoms with Crippen LogP contribution in [-0.4, -0.2) is 28.7 Å². The average molecular weight is 552 g/mol. The second kappa shape index (κ2) is 11.9. The van der Waals surface area contributed by atoms with Gasteiger partial charge in [-0.05, 0) is 53.1 Å². The van der Waals surface area contributed by atoms with Gasteiger partial charge < -0.3 is 5.32 Å². The number of fused-ring (bicyclic) bond motifs is 1. The van der Waals surface area contributed by atoms with Crippen molar-refractivity contribution in [2.45, 2.75) is 26.0 Å². The van der Waals surface area contributed by atoms with E-state index in [2.05, 4.69) is 5.32 Å². The molecule has 1 heterocycles. The SMILES string of the molecule is CC(=O)N(c1ccccc1)c1ccc2c(c1)C(=O)N(OCc1ccccc1)C(=O)C2C(=O)NCc1ccc(F)cc1. The Hall–Kier alpha value is -5.15. The molecule has 41 heavy (non-hydrogen) atoms. The minimum absolute atomic E-state index is 0.0429. The maximum absolute atomic E-state index is 13.6. The zero-order valence-electron chi connectivity index (χ0n) is 22.1. The van der Waals surface area contributed by atoms with Gasteiger partial charge in [0.05, 0.1) is 0 Å². The maximum atomic E-state index is 13.6. The molecule has 1 aliphatic heterocycles. The van der Waals surface area contributed by atoms with Crippen LogP contribution in [0, 0.1) is 5.82 Å². The number of carbonyl (C=O) groups is 4. The van der Waals surface area contributed by atoms with E-state index in [1.165, 1.54) is 48.2 Å². The quantitative estimate of drug-likeness (QED) is 0.245. The molecule has 0 spiro atoms. The number of hydrogen-bond acceptors (Lipinski definition) is 5. The number of anilines is 2. The molecule has 0 aromatic heterocycles. The number of imide groups is 1. The number of para-hydroxylation sites is 1. The first-order valence-electron chi connectivity index (χ1n) is 12.9. The third kappa shape index (κ3) is 5.90. The Morgan fingerprint density at radius 2 is 1.51 bits per heavy atom. The Kier molecular flexibility index (Phi) is 7.98. The van der Waals surface area contributed by atoms with Gasteiger partial charge >= 0.3 is 0 Å². The van der Waals surface area contributed by atoms with E-state index in [9.17, 15) is 23.6 Å². The molecule has 0 saturated heterocycles. The minimum atomic E-state index is -1.39. The van der Waals surface area contributed by atoms with Crippen molar-refractivity contribution in [3.63, 3.8) is 0 Å². The Labute approximate surface area is 235 Å². The molecule has 1 N–H and O–H groups in total. The molecule has 1 atom stereocenters. The van der Waals surface area contributed by atoms with Crippen LogP contribution < -0.4 is 10.2 Å². The Bertz CT molecular complexity index is 1590. The molecule has 0 radical (unpaired) electrons. The van der Waals surface area contributed by atoms with Crippen LogP contribution in [-0.2, 0) is 32.4 Å². The maximum Gasteiger partial charge on any atom is 0.285 e. The summed E-state index contributed by atoms with van der Waals surface area (Å²) < 4.78 is 13.3. The van der Waals surface area contributed by atoms with Gasteiger partial charge in [-0.3, -0.25) is 28.9 Å². The minimum Gasteiger partial charge on any atom is -0.351 e. The molecule has 4 aromatic rings. The third-order valence-electron chi connectivity index (χ3n) is 6.64. The molecule has 206 valence electrons. The predicted molar refractivity (Wildman–Crippen MR) is 149 cm³/mol. The van der Waals surface area contributed by atoms with E-state index in [0.29, 0.717) is 22.0 Å². The molecule has 1 unspecified atom stereocenters. The fourth-order valence-corrected chi connectivity index (χ4v) is 4.65. The van der Waals surface area contributed by atoms with E-state index in [1.54, 1.807) is 54.6 Å². The van der Waals surface area contributed by atoms with Crippen molar-refractivity contribution in [2.24, 2.45) is 0 Å². The van der Waals surface area contributed by atoms with E-state index >= 15 is 0 Å². The smallest absolute Gasteiger partial charge is 0.285 e. The van der Waals surface area contributed by atoms with Crippen LogP contribution in [0.15, 0.2) is 103 Å². The Morgan fingerprint density at radius 1 is 0.854 bits per heavy atom. The number of nitrogens with zero attached hydrogens (tertiary/aromatic N) is 2. The molecule has 0 aliphatic carbocycles. The normalized spacial score (nSPS) is 14.4. The van der Waals surface area contributed by atoms with Crippen molar-refractivity contribution >= 4 is 35.0 Å². The van der Waals surface area contributed by atoms with Crippen LogP contribution in [0.25, 0.3) is 0 Å². The van der Waals surface area contributed by atoms with Crippen molar-refractivity contribution in [1.82, 2.24) is 10.4 Å². The highest BCUT2D eigenvalue weighted by Gasteiger charge is 2.44. The number of halogens is 1. The van der Waals surface area contributed by atoms with E-state index < -0.39 is 29.5 Å². The van der Waals surface area contributed by atoms with Gasteiger partial charge in [0, 0.05) is 30.4 Å². The molecule has 0 saturated carbocycles. The van der Waals surface area contributed by atoms with Crippen molar-refractivity contribution < 1.29 is 28.4 Å². The number of rotatable bonds is 8. The summed E-state index contributed by atoms with van der Waals surface area (Å²) in [5, 5.41) is 3.32. The van der Waals surface area contributed by atoms with Crippen molar-refractivity contribution in [3.8, 4) is 0 Å². The van der Waals surface area contributed by atoms with Crippen LogP contribution in [0.5, 0.6) is 0 Å². The lowest BCUT2D eigenvalue weighted by molar-refractivity contribution is -0.177. The molecular weight excluding hydrogens is 525 g/mol. The molecule has 8 nitrogen and oxygen atoms in total. The molecule has 4 aromatic carbocycles. The fraction of sp³-hybridized carbons (Fsp3) is 0.125. The van der Waals surface area contributed by atoms with E-state index in [-0.39, 0.29) is 30.2 Å². The monoisotopic (exact) mass is 551 g/mol. The van der Waals surface area contributed by atoms with Crippen LogP contribution in [0.3, 0.4) is 0 Å². The molecule has 1 aliphatic rings. The number of benzene rings is 4. The lowest BCUT2D eigenvalue weighted by atomic mass is 9.88. The summed E-state index contributed by atoms with van der Waals surface area (Å²) in [5.41, 5.74) is 2.57. The van der Waals surface area contributed by atoms with E-state index in [4.69, 9.17) is 4.84 Å². The molecule has 0 bridgehead atoms. The van der Waals surface area contributed by atoms with Gasteiger partial charge in [-0.2, -0.15) is 0 Å². The Balaban J connectivity index is 1.50. The Morgan fingerprint density at radius 3 is 2.17 bits per heavy atom. The summed E-state index contributed by atoms with van der Waals surface area (Å²) in [6, 6.07) is 28.1. The van der Waals surface area contributed by atoms with Gasteiger partial charge in [0.25, 0.3) is 11.8 Å². The number of carbonyl (C=O) groups excluding carboxylic acids is 4. The first kappa shape index (κ1) is 27.4. The van der Waals surface area contributed by atoms with E-state index in [0.717, 1.165) is 5.56 Å². The van der Waals surface area contributed by atoms with Crippen LogP contribution >= 0.6 is 0 Å². The second-order valence-electron chi connectivity index (χ2n) is 9.44. The van der Waals surface area contributed by atoms with Crippen molar-refractivity contribution in [2.75, 3.05) is 4.90 Å². The summed E-state index contributed by atoms with van der Waals surface area (Å²) in [6.45, 7) is 1.36. The third-order valence-corrected chi connectivity index (χ3v) is 6.64. The highest BCUT2D eigenvalue weighted by molar-refractivity contribution is 6.18. The summed E-state index contributed by atoms with van der Waals surface area (Å²) in [4.78, 5) is 60.4. The number of amides is 4. The topological polar surface area (TPSA) is 96.0 Å². The molecule has 4 amide bonds. The lowest BCUT2D eigenvalue weighted by Crippen LogP contribution is -2.49. The summed E-state index contributed by atoms with van der Waals surface area (Å²) >= 11 is 0. The first-order chi connectivity index (χ1) is 19.8. The van der Waals surface area contributed by atoms with Gasteiger partial charge in [0.1, 0.15) is 18.3 Å². The zero-order valence-corrected chi connectivity index (χ0v) is 22.1. The second-order valence-corrected chi connectivity index (χ2v) is 9.44. The van der Waals surface area contributed by atoms with Gasteiger partial charge in [-0.1, -0.05) is 66.7 Å². The summed E-state index contributed by atoms with van der Waals surface area (Å²) in [6.07, 6.45) is 0. The van der Waals surface area contributed by atoms with Crippen molar-refractivity contribution in [1.29, 1.82) is 0 Å². The summed E-state index contributed by atoms with van der Waals surface area (Å²) in [7, 11) is 0. The molecule has 5 rings (SSSR count). The van der Waals surface area contributed by atoms with Crippen LogP contribution in [0.4, 0.5) is 15.8 Å². The standard InChI is InChI=1S/C32H26FN3O5/c1-21(37)35(25-10-6-3-7-11-25)26-16-17-27-28(18-26)31(39)36(41-20-23-8-4-2-5-9-23)32(40)29(27)30(38)34-19-22-12-14-24(33)15-13-22/h2-18,29H,19-20H2,1H3,(H,34,38). The highest BCUT2D eigenvalue weighted by Crippen LogP contribution is 2.35. The highest BCUT2D eigenvalue weighted by atomic mass is 19.1. The molecule has 0 fully saturated rings. The zero-order chi connectivity index (χ0) is 28.9. The fourth-order valence-electron chi connectivity index (χ4n) is 4.65. The predicted octanol–water partition coefficient (Wildman–Crippen LogP) is 5.02. The van der Waals surface area contributed by atoms with Gasteiger partial charge in [-0.25, -0.2) is 4.39 Å². The number of hydrogen-bond donors (Lipinski definition) is 1. The lowest BCUT2D eigenvalue weighted by Gasteiger charge is -2.32. The number of hydroxylamine groups is 2. The van der Waals surface area contributed by atoms with Gasteiger partial charge in [0.2, 0.25) is 11.8 Å². The average Bonchev–Trinajstić information content (AvgIpc) is 2.98. The number of nitrogens with one attached hydrogen (secondary N) is 1. The van der Waals surface area contributed by atoms with Gasteiger partial charge in [0.15, 0.2) is 0 Å². The summed E-state index contributed by atoms with van der Waals surface area (Å²) in [5.74, 6) is -4.33. The molecular formula is C32H26FN3O5. The van der Waals surface area contributed by atoms with Crippen LogP contribution in [0.2, 0.25) is 0 Å². The van der Waals surface area contributed by atoms with Gasteiger partial charge in [-0.15, -0.1) is 5.06 Å². The molecule has 9 heteroatoms. The van der Waals surface area contributed by atoms with Crippen molar-refractivity contribution in [3.05, 3.63) is 131 Å². The first-order valence-corrected chi connectivity index (χ1v) is 12.9. The van der Waals surface area contributed by atoms with E-state index in [1.807, 2.05) is 12.1 Å². The largest absolute Gasteiger partial charge is 0.351 e.